The molecule has 0 aliphatic carbocycles. The van der Waals surface area contributed by atoms with Gasteiger partial charge in [0, 0.05) is 41.9 Å². The lowest BCUT2D eigenvalue weighted by atomic mass is 9.94. The number of nitrogens with zero attached hydrogens (tertiary/aromatic N) is 2. The highest BCUT2D eigenvalue weighted by Crippen LogP contribution is 2.43. The number of halogens is 3. The molecule has 2 heterocycles. The van der Waals surface area contributed by atoms with E-state index in [4.69, 9.17) is 16.0 Å². The van der Waals surface area contributed by atoms with Crippen molar-refractivity contribution in [3.63, 3.8) is 0 Å². The smallest absolute Gasteiger partial charge is 0.294 e. The first-order valence-corrected chi connectivity index (χ1v) is 11.3. The van der Waals surface area contributed by atoms with Gasteiger partial charge >= 0.3 is 0 Å². The number of aliphatic hydroxyl groups excluding tert-OH is 1. The van der Waals surface area contributed by atoms with Crippen molar-refractivity contribution in [2.45, 2.75) is 6.04 Å². The maximum absolute atomic E-state index is 14.1. The Bertz CT molecular complexity index is 1560. The molecule has 0 saturated heterocycles. The fourth-order valence-corrected chi connectivity index (χ4v) is 4.45. The molecule has 1 aliphatic heterocycles. The summed E-state index contributed by atoms with van der Waals surface area (Å²) in [6.45, 7) is 0. The number of carbonyl (C=O) groups is 2. The van der Waals surface area contributed by atoms with Crippen LogP contribution < -0.4 is 9.80 Å². The highest BCUT2D eigenvalue weighted by atomic mass is 35.5. The van der Waals surface area contributed by atoms with Gasteiger partial charge in [0.05, 0.1) is 11.6 Å². The van der Waals surface area contributed by atoms with Gasteiger partial charge in [-0.25, -0.2) is 8.78 Å². The van der Waals surface area contributed by atoms with E-state index in [1.807, 2.05) is 19.0 Å². The summed E-state index contributed by atoms with van der Waals surface area (Å²) in [4.78, 5) is 29.8. The summed E-state index contributed by atoms with van der Waals surface area (Å²) in [6, 6.07) is 15.1. The number of benzene rings is 3. The normalized spacial score (nSPS) is 15.8. The molecule has 0 spiro atoms. The van der Waals surface area contributed by atoms with Crippen LogP contribution in [0.2, 0.25) is 5.02 Å². The van der Waals surface area contributed by atoms with Crippen LogP contribution in [-0.2, 0) is 4.79 Å². The molecule has 36 heavy (non-hydrogen) atoms. The number of ketones is 1. The first-order valence-electron chi connectivity index (χ1n) is 10.9. The van der Waals surface area contributed by atoms with Crippen LogP contribution in [0.15, 0.2) is 82.5 Å². The Morgan fingerprint density at radius 1 is 1.00 bits per heavy atom. The Morgan fingerprint density at radius 3 is 2.39 bits per heavy atom. The van der Waals surface area contributed by atoms with Gasteiger partial charge in [-0.2, -0.15) is 0 Å². The van der Waals surface area contributed by atoms with Crippen molar-refractivity contribution in [3.8, 4) is 0 Å². The number of furan rings is 1. The molecular weight excluding hydrogens is 490 g/mol. The van der Waals surface area contributed by atoms with E-state index < -0.39 is 35.1 Å². The number of Topliss-reactive ketones (excluding diaryl/α,β-unsaturated/α-hetero) is 1. The van der Waals surface area contributed by atoms with Crippen LogP contribution in [0.5, 0.6) is 0 Å². The van der Waals surface area contributed by atoms with E-state index in [2.05, 4.69) is 0 Å². The predicted octanol–water partition coefficient (Wildman–Crippen LogP) is 6.21. The van der Waals surface area contributed by atoms with Gasteiger partial charge < -0.3 is 14.4 Å². The van der Waals surface area contributed by atoms with Crippen molar-refractivity contribution < 1.29 is 27.9 Å². The van der Waals surface area contributed by atoms with Crippen LogP contribution >= 0.6 is 11.6 Å². The molecule has 1 unspecified atom stereocenters. The average Bonchev–Trinajstić information content (AvgIpc) is 3.39. The van der Waals surface area contributed by atoms with E-state index in [-0.39, 0.29) is 17.0 Å². The quantitative estimate of drug-likeness (QED) is 0.324. The summed E-state index contributed by atoms with van der Waals surface area (Å²) >= 11 is 6.04. The third-order valence-corrected chi connectivity index (χ3v) is 6.30. The molecule has 5 rings (SSSR count). The number of anilines is 2. The van der Waals surface area contributed by atoms with Crippen molar-refractivity contribution in [1.29, 1.82) is 0 Å². The maximum Gasteiger partial charge on any atom is 0.294 e. The lowest BCUT2D eigenvalue weighted by molar-refractivity contribution is -0.117. The van der Waals surface area contributed by atoms with Crippen molar-refractivity contribution in [1.82, 2.24) is 0 Å². The fourth-order valence-electron chi connectivity index (χ4n) is 4.27. The molecule has 0 fully saturated rings. The summed E-state index contributed by atoms with van der Waals surface area (Å²) in [5.41, 5.74) is 1.47. The lowest BCUT2D eigenvalue weighted by Crippen LogP contribution is -2.31. The molecule has 0 radical (unpaired) electrons. The maximum atomic E-state index is 14.1. The zero-order valence-corrected chi connectivity index (χ0v) is 19.9. The van der Waals surface area contributed by atoms with Crippen molar-refractivity contribution in [3.05, 3.63) is 106 Å². The van der Waals surface area contributed by atoms with Crippen LogP contribution in [0, 0.1) is 11.6 Å². The van der Waals surface area contributed by atoms with Gasteiger partial charge in [-0.05, 0) is 54.1 Å². The monoisotopic (exact) mass is 508 g/mol. The van der Waals surface area contributed by atoms with Crippen molar-refractivity contribution in [2.75, 3.05) is 23.9 Å². The van der Waals surface area contributed by atoms with Gasteiger partial charge in [0.15, 0.2) is 23.2 Å². The Balaban J connectivity index is 1.66. The van der Waals surface area contributed by atoms with Gasteiger partial charge in [0.2, 0.25) is 5.78 Å². The van der Waals surface area contributed by atoms with E-state index in [1.54, 1.807) is 42.5 Å². The second kappa shape index (κ2) is 8.80. The summed E-state index contributed by atoms with van der Waals surface area (Å²) in [7, 11) is 3.71. The van der Waals surface area contributed by atoms with E-state index in [0.29, 0.717) is 21.6 Å². The zero-order chi connectivity index (χ0) is 25.7. The number of fused-ring (bicyclic) bond motifs is 1. The molecule has 9 heteroatoms. The molecule has 0 saturated carbocycles. The van der Waals surface area contributed by atoms with Crippen molar-refractivity contribution >= 4 is 45.6 Å². The molecule has 0 bridgehead atoms. The van der Waals surface area contributed by atoms with Crippen LogP contribution in [0.1, 0.15) is 22.2 Å². The second-order valence-electron chi connectivity index (χ2n) is 8.55. The molecule has 1 N–H and O–H groups in total. The third-order valence-electron chi connectivity index (χ3n) is 6.06. The van der Waals surface area contributed by atoms with Gasteiger partial charge in [0.1, 0.15) is 5.58 Å². The van der Waals surface area contributed by atoms with Gasteiger partial charge in [0.25, 0.3) is 5.91 Å². The first kappa shape index (κ1) is 23.6. The van der Waals surface area contributed by atoms with Crippen LogP contribution in [0.4, 0.5) is 20.2 Å². The number of hydrogen-bond donors (Lipinski definition) is 1. The van der Waals surface area contributed by atoms with Gasteiger partial charge in [-0.15, -0.1) is 0 Å². The first-order chi connectivity index (χ1) is 17.2. The standard InChI is InChI=1S/C27H19ClF2N2O4/c1-31(2)17-6-3-14(4-7-17)24-23(25(33)22-12-15-11-16(28)5-10-21(15)36-22)26(34)27(35)32(24)18-8-9-19(29)20(30)13-18/h3-13,24,34H,1-2H3. The van der Waals surface area contributed by atoms with Crippen LogP contribution in [0.3, 0.4) is 0 Å². The predicted molar refractivity (Wildman–Crippen MR) is 133 cm³/mol. The van der Waals surface area contributed by atoms with Gasteiger partial charge in [-0.3, -0.25) is 14.5 Å². The summed E-state index contributed by atoms with van der Waals surface area (Å²) < 4.78 is 33.4. The largest absolute Gasteiger partial charge is 0.503 e. The van der Waals surface area contributed by atoms with Crippen molar-refractivity contribution in [2.24, 2.45) is 0 Å². The number of aliphatic hydroxyl groups is 1. The Kier molecular flexibility index (Phi) is 5.76. The summed E-state index contributed by atoms with van der Waals surface area (Å²) in [5.74, 6) is -4.82. The highest BCUT2D eigenvalue weighted by molar-refractivity contribution is 6.31. The molecule has 3 aromatic carbocycles. The lowest BCUT2D eigenvalue weighted by Gasteiger charge is -2.27. The molecule has 4 aromatic rings. The molecule has 182 valence electrons. The number of hydrogen-bond acceptors (Lipinski definition) is 5. The Morgan fingerprint density at radius 2 is 1.72 bits per heavy atom. The SMILES string of the molecule is CN(C)c1ccc(C2C(C(=O)c3cc4cc(Cl)ccc4o3)=C(O)C(=O)N2c2ccc(F)c(F)c2)cc1. The highest BCUT2D eigenvalue weighted by Gasteiger charge is 2.45. The number of rotatable bonds is 5. The Hall–Kier alpha value is -4.17. The molecular formula is C27H19ClF2N2O4. The average molecular weight is 509 g/mol. The molecule has 1 aliphatic rings. The van der Waals surface area contributed by atoms with E-state index in [9.17, 15) is 23.5 Å². The minimum atomic E-state index is -1.17. The molecule has 1 atom stereocenters. The van der Waals surface area contributed by atoms with E-state index in [1.165, 1.54) is 12.1 Å². The second-order valence-corrected chi connectivity index (χ2v) is 8.98. The fraction of sp³-hybridized carbons (Fsp3) is 0.111. The third kappa shape index (κ3) is 3.89. The zero-order valence-electron chi connectivity index (χ0n) is 19.1. The van der Waals surface area contributed by atoms with E-state index in [0.717, 1.165) is 22.7 Å². The topological polar surface area (TPSA) is 74.0 Å². The molecule has 6 nitrogen and oxygen atoms in total. The molecule has 1 amide bonds. The van der Waals surface area contributed by atoms with Gasteiger partial charge in [-0.1, -0.05) is 23.7 Å². The number of carbonyl (C=O) groups excluding carboxylic acids is 2. The minimum Gasteiger partial charge on any atom is -0.503 e. The summed E-state index contributed by atoms with van der Waals surface area (Å²) in [6.07, 6.45) is 0. The van der Waals surface area contributed by atoms with E-state index >= 15 is 0 Å². The Labute approximate surface area is 209 Å². The number of amides is 1. The van der Waals surface area contributed by atoms with Crippen LogP contribution in [0.25, 0.3) is 11.0 Å². The summed E-state index contributed by atoms with van der Waals surface area (Å²) in [5, 5.41) is 11.9. The van der Waals surface area contributed by atoms with Crippen LogP contribution in [-0.4, -0.2) is 30.9 Å². The molecule has 1 aromatic heterocycles. The minimum absolute atomic E-state index is 0.0219.